The average molecular weight is 491 g/mol. The van der Waals surface area contributed by atoms with Gasteiger partial charge in [0.1, 0.15) is 6.04 Å². The summed E-state index contributed by atoms with van der Waals surface area (Å²) in [4.78, 5) is 42.2. The van der Waals surface area contributed by atoms with Crippen molar-refractivity contribution in [3.63, 3.8) is 0 Å². The lowest BCUT2D eigenvalue weighted by Gasteiger charge is -2.33. The van der Waals surface area contributed by atoms with Crippen molar-refractivity contribution in [3.8, 4) is 0 Å². The molecule has 0 spiro atoms. The summed E-state index contributed by atoms with van der Waals surface area (Å²) >= 11 is 0. The lowest BCUT2D eigenvalue weighted by atomic mass is 9.91. The van der Waals surface area contributed by atoms with Gasteiger partial charge in [0.25, 0.3) is 5.91 Å². The van der Waals surface area contributed by atoms with Gasteiger partial charge >= 0.3 is 12.2 Å². The van der Waals surface area contributed by atoms with Gasteiger partial charge in [-0.15, -0.1) is 13.2 Å². The van der Waals surface area contributed by atoms with E-state index in [1.807, 2.05) is 13.8 Å². The predicted octanol–water partition coefficient (Wildman–Crippen LogP) is 3.77. The van der Waals surface area contributed by atoms with Gasteiger partial charge in [0.15, 0.2) is 0 Å². The Balaban J connectivity index is 2.10. The third-order valence-electron chi connectivity index (χ3n) is 5.93. The fourth-order valence-electron chi connectivity index (χ4n) is 4.44. The largest absolute Gasteiger partial charge is 0.416 e. The molecular formula is C25H29F3N4O3. The van der Waals surface area contributed by atoms with E-state index < -0.39 is 41.7 Å². The molecule has 10 heteroatoms. The summed E-state index contributed by atoms with van der Waals surface area (Å²) < 4.78 is 41.4. The lowest BCUT2D eigenvalue weighted by Crippen LogP contribution is -2.49. The van der Waals surface area contributed by atoms with Crippen LogP contribution in [0.2, 0.25) is 0 Å². The molecule has 0 saturated carbocycles. The van der Waals surface area contributed by atoms with Gasteiger partial charge in [-0.2, -0.15) is 13.2 Å². The molecule has 4 amide bonds. The maximum atomic E-state index is 13.8. The van der Waals surface area contributed by atoms with Crippen molar-refractivity contribution in [1.82, 2.24) is 20.4 Å². The lowest BCUT2D eigenvalue weighted by molar-refractivity contribution is -0.139. The molecule has 1 aromatic rings. The van der Waals surface area contributed by atoms with Crippen LogP contribution in [0.3, 0.4) is 0 Å². The quantitative estimate of drug-likeness (QED) is 0.517. The number of carbonyl (C=O) groups is 3. The number of nitrogens with one attached hydrogen (secondary N) is 2. The first-order valence-electron chi connectivity index (χ1n) is 11.3. The molecule has 0 aliphatic carbocycles. The molecule has 0 saturated heterocycles. The van der Waals surface area contributed by atoms with Crippen molar-refractivity contribution in [1.29, 1.82) is 0 Å². The molecule has 0 fully saturated rings. The average Bonchev–Trinajstić information content (AvgIpc) is 3.13. The highest BCUT2D eigenvalue weighted by atomic mass is 19.4. The zero-order valence-corrected chi connectivity index (χ0v) is 19.7. The van der Waals surface area contributed by atoms with Gasteiger partial charge in [-0.25, -0.2) is 4.79 Å². The van der Waals surface area contributed by atoms with Crippen LogP contribution in [-0.4, -0.2) is 53.3 Å². The Bertz CT molecular complexity index is 1060. The molecule has 2 N–H and O–H groups in total. The summed E-state index contributed by atoms with van der Waals surface area (Å²) in [5.74, 6) is -0.935. The Hall–Kier alpha value is -3.56. The van der Waals surface area contributed by atoms with Gasteiger partial charge in [-0.05, 0) is 24.0 Å². The maximum absolute atomic E-state index is 13.8. The van der Waals surface area contributed by atoms with Crippen LogP contribution in [0, 0.1) is 5.92 Å². The van der Waals surface area contributed by atoms with Gasteiger partial charge in [0.05, 0.1) is 29.4 Å². The molecule has 2 heterocycles. The zero-order valence-electron chi connectivity index (χ0n) is 19.7. The van der Waals surface area contributed by atoms with Crippen molar-refractivity contribution < 1.29 is 27.6 Å². The highest BCUT2D eigenvalue weighted by molar-refractivity contribution is 6.03. The number of hydrogen-bond acceptors (Lipinski definition) is 3. The van der Waals surface area contributed by atoms with Crippen LogP contribution in [0.25, 0.3) is 0 Å². The molecule has 35 heavy (non-hydrogen) atoms. The summed E-state index contributed by atoms with van der Waals surface area (Å²) in [5.41, 5.74) is -0.881. The highest BCUT2D eigenvalue weighted by Gasteiger charge is 2.48. The van der Waals surface area contributed by atoms with E-state index in [2.05, 4.69) is 23.8 Å². The second kappa shape index (κ2) is 10.4. The van der Waals surface area contributed by atoms with E-state index in [0.29, 0.717) is 6.42 Å². The van der Waals surface area contributed by atoms with Gasteiger partial charge in [0, 0.05) is 13.1 Å². The Kier molecular flexibility index (Phi) is 7.72. The fraction of sp³-hybridized carbons (Fsp3) is 0.400. The van der Waals surface area contributed by atoms with Crippen molar-refractivity contribution in [3.05, 3.63) is 72.0 Å². The Labute approximate surface area is 202 Å². The van der Waals surface area contributed by atoms with Crippen molar-refractivity contribution in [2.45, 2.75) is 38.5 Å². The van der Waals surface area contributed by atoms with Crippen LogP contribution in [0.5, 0.6) is 0 Å². The van der Waals surface area contributed by atoms with E-state index in [1.54, 1.807) is 0 Å². The topological polar surface area (TPSA) is 81.8 Å². The third-order valence-corrected chi connectivity index (χ3v) is 5.93. The van der Waals surface area contributed by atoms with E-state index >= 15 is 0 Å². The number of carbonyl (C=O) groups excluding carboxylic acids is 3. The minimum atomic E-state index is -4.69. The van der Waals surface area contributed by atoms with Gasteiger partial charge < -0.3 is 15.5 Å². The van der Waals surface area contributed by atoms with Crippen LogP contribution < -0.4 is 10.6 Å². The van der Waals surface area contributed by atoms with Crippen LogP contribution in [0.1, 0.15) is 37.4 Å². The molecule has 3 rings (SSSR count). The fourth-order valence-corrected chi connectivity index (χ4v) is 4.44. The number of urea groups is 1. The van der Waals surface area contributed by atoms with Gasteiger partial charge in [-0.1, -0.05) is 44.2 Å². The molecule has 1 aromatic carbocycles. The monoisotopic (exact) mass is 490 g/mol. The van der Waals surface area contributed by atoms with Crippen molar-refractivity contribution >= 4 is 17.8 Å². The summed E-state index contributed by atoms with van der Waals surface area (Å²) in [5, 5.41) is 5.27. The van der Waals surface area contributed by atoms with Crippen LogP contribution in [0.15, 0.2) is 60.8 Å². The van der Waals surface area contributed by atoms with E-state index in [9.17, 15) is 27.6 Å². The highest BCUT2D eigenvalue weighted by Crippen LogP contribution is 2.42. The van der Waals surface area contributed by atoms with Crippen LogP contribution in [-0.2, 0) is 15.8 Å². The summed E-state index contributed by atoms with van der Waals surface area (Å²) in [6.07, 6.45) is -1.38. The minimum Gasteiger partial charge on any atom is -0.351 e. The van der Waals surface area contributed by atoms with Gasteiger partial charge in [0.2, 0.25) is 5.91 Å². The minimum absolute atomic E-state index is 0.0217. The number of halogens is 3. The predicted molar refractivity (Wildman–Crippen MR) is 125 cm³/mol. The van der Waals surface area contributed by atoms with E-state index in [-0.39, 0.29) is 42.4 Å². The summed E-state index contributed by atoms with van der Waals surface area (Å²) in [7, 11) is 0. The molecule has 0 radical (unpaired) electrons. The smallest absolute Gasteiger partial charge is 0.351 e. The maximum Gasteiger partial charge on any atom is 0.416 e. The first-order valence-corrected chi connectivity index (χ1v) is 11.3. The second-order valence-electron chi connectivity index (χ2n) is 8.84. The Morgan fingerprint density at radius 2 is 1.91 bits per heavy atom. The standard InChI is InChI=1S/C25H29F3N4O3/c1-5-11-29-22(33)18(13-15(3)4)32-14-19-20(23(32)34)21(30-24(35)31(19)12-6-2)16-9-7-8-10-17(16)25(26,27)28/h5-10,15,18,21H,1-2,11-14H2,3-4H3,(H,29,33)(H,30,35)/t18-,21+/m0/s1. The van der Waals surface area contributed by atoms with Crippen LogP contribution >= 0.6 is 0 Å². The number of benzene rings is 1. The second-order valence-corrected chi connectivity index (χ2v) is 8.84. The van der Waals surface area contributed by atoms with Crippen molar-refractivity contribution in [2.24, 2.45) is 5.92 Å². The molecular weight excluding hydrogens is 461 g/mol. The van der Waals surface area contributed by atoms with Gasteiger partial charge in [-0.3, -0.25) is 14.5 Å². The Morgan fingerprint density at radius 3 is 2.51 bits per heavy atom. The number of nitrogens with zero attached hydrogens (tertiary/aromatic N) is 2. The first-order chi connectivity index (χ1) is 16.5. The summed E-state index contributed by atoms with van der Waals surface area (Å²) in [6, 6.07) is 2.02. The van der Waals surface area contributed by atoms with E-state index in [0.717, 1.165) is 6.07 Å². The van der Waals surface area contributed by atoms with Crippen LogP contribution in [0.4, 0.5) is 18.0 Å². The molecule has 7 nitrogen and oxygen atoms in total. The van der Waals surface area contributed by atoms with Crippen molar-refractivity contribution in [2.75, 3.05) is 19.6 Å². The van der Waals surface area contributed by atoms with E-state index in [4.69, 9.17) is 0 Å². The number of hydrogen-bond donors (Lipinski definition) is 2. The number of rotatable bonds is 9. The number of amides is 4. The molecule has 0 unspecified atom stereocenters. The molecule has 188 valence electrons. The molecule has 2 aliphatic heterocycles. The third kappa shape index (κ3) is 5.26. The first kappa shape index (κ1) is 26.1. The number of alkyl halides is 3. The zero-order chi connectivity index (χ0) is 25.9. The molecule has 2 atom stereocenters. The SMILES string of the molecule is C=CCNC(=O)[C@H](CC(C)C)N1CC2=C(C1=O)[C@@H](c1ccccc1C(F)(F)F)NC(=O)N2CC=C. The summed E-state index contributed by atoms with van der Waals surface area (Å²) in [6.45, 7) is 11.2. The molecule has 0 bridgehead atoms. The normalized spacial score (nSPS) is 19.0. The Morgan fingerprint density at radius 1 is 1.23 bits per heavy atom. The van der Waals surface area contributed by atoms with E-state index in [1.165, 1.54) is 40.2 Å². The molecule has 2 aliphatic rings. The molecule has 0 aromatic heterocycles.